The van der Waals surface area contributed by atoms with Crippen molar-refractivity contribution < 1.29 is 4.79 Å². The van der Waals surface area contributed by atoms with Crippen molar-refractivity contribution in [3.63, 3.8) is 0 Å². The highest BCUT2D eigenvalue weighted by Gasteiger charge is 2.18. The predicted octanol–water partition coefficient (Wildman–Crippen LogP) is 4.61. The zero-order chi connectivity index (χ0) is 17.7. The van der Waals surface area contributed by atoms with Gasteiger partial charge in [0.25, 0.3) is 0 Å². The van der Waals surface area contributed by atoms with Gasteiger partial charge in [-0.15, -0.1) is 0 Å². The van der Waals surface area contributed by atoms with Gasteiger partial charge in [0.2, 0.25) is 5.91 Å². The molecule has 0 spiro atoms. The van der Waals surface area contributed by atoms with Gasteiger partial charge in [0.15, 0.2) is 0 Å². The van der Waals surface area contributed by atoms with Gasteiger partial charge in [-0.1, -0.05) is 59.1 Å². The Labute approximate surface area is 157 Å². The van der Waals surface area contributed by atoms with Crippen molar-refractivity contribution in [3.05, 3.63) is 68.7 Å². The molecule has 1 amide bonds. The van der Waals surface area contributed by atoms with Crippen LogP contribution in [0.3, 0.4) is 0 Å². The summed E-state index contributed by atoms with van der Waals surface area (Å²) in [7, 11) is 3.91. The van der Waals surface area contributed by atoms with Crippen LogP contribution < -0.4 is 5.32 Å². The van der Waals surface area contributed by atoms with E-state index in [1.54, 1.807) is 18.2 Å². The van der Waals surface area contributed by atoms with Crippen LogP contribution >= 0.6 is 34.8 Å². The number of halogens is 3. The van der Waals surface area contributed by atoms with E-state index in [1.807, 2.05) is 43.3 Å². The SMILES string of the molecule is CN(C)[C@H](CNC(=O)Cc1ccc(Cl)c(Cl)c1)c1ccccc1Cl. The van der Waals surface area contributed by atoms with Gasteiger partial charge in [-0.25, -0.2) is 0 Å². The molecule has 24 heavy (non-hydrogen) atoms. The van der Waals surface area contributed by atoms with Gasteiger partial charge < -0.3 is 10.2 Å². The Bertz CT molecular complexity index is 719. The van der Waals surface area contributed by atoms with E-state index >= 15 is 0 Å². The standard InChI is InChI=1S/C18H19Cl3N2O/c1-23(2)17(13-5-3-4-6-14(13)19)11-22-18(24)10-12-7-8-15(20)16(21)9-12/h3-9,17H,10-11H2,1-2H3,(H,22,24)/t17-/m1/s1. The molecule has 2 rings (SSSR count). The lowest BCUT2D eigenvalue weighted by molar-refractivity contribution is -0.120. The molecule has 1 N–H and O–H groups in total. The Hall–Kier alpha value is -1.26. The number of hydrogen-bond acceptors (Lipinski definition) is 2. The lowest BCUT2D eigenvalue weighted by Gasteiger charge is -2.26. The molecule has 0 fully saturated rings. The van der Waals surface area contributed by atoms with Crippen LogP contribution in [0.5, 0.6) is 0 Å². The molecule has 2 aromatic carbocycles. The molecule has 0 unspecified atom stereocenters. The maximum Gasteiger partial charge on any atom is 0.224 e. The van der Waals surface area contributed by atoms with Gasteiger partial charge in [0.1, 0.15) is 0 Å². The molecule has 0 aliphatic rings. The highest BCUT2D eigenvalue weighted by molar-refractivity contribution is 6.42. The van der Waals surface area contributed by atoms with Crippen molar-refractivity contribution in [1.82, 2.24) is 10.2 Å². The minimum atomic E-state index is -0.0766. The molecule has 0 heterocycles. The fourth-order valence-corrected chi connectivity index (χ4v) is 3.01. The topological polar surface area (TPSA) is 32.3 Å². The first-order chi connectivity index (χ1) is 11.4. The molecule has 0 aliphatic heterocycles. The van der Waals surface area contributed by atoms with E-state index in [4.69, 9.17) is 34.8 Å². The Kier molecular flexibility index (Phi) is 6.93. The van der Waals surface area contributed by atoms with Gasteiger partial charge in [0, 0.05) is 11.6 Å². The number of hydrogen-bond donors (Lipinski definition) is 1. The quantitative estimate of drug-likeness (QED) is 0.787. The van der Waals surface area contributed by atoms with Gasteiger partial charge in [-0.3, -0.25) is 4.79 Å². The molecule has 0 bridgehead atoms. The van der Waals surface area contributed by atoms with Crippen molar-refractivity contribution in [1.29, 1.82) is 0 Å². The summed E-state index contributed by atoms with van der Waals surface area (Å²) in [5.41, 5.74) is 1.81. The Morgan fingerprint density at radius 2 is 1.75 bits per heavy atom. The number of amides is 1. The van der Waals surface area contributed by atoms with E-state index in [0.29, 0.717) is 21.6 Å². The number of rotatable bonds is 6. The molecule has 0 saturated carbocycles. The van der Waals surface area contributed by atoms with E-state index < -0.39 is 0 Å². The summed E-state index contributed by atoms with van der Waals surface area (Å²) in [5.74, 6) is -0.0766. The third-order valence-electron chi connectivity index (χ3n) is 3.73. The summed E-state index contributed by atoms with van der Waals surface area (Å²) < 4.78 is 0. The number of carbonyl (C=O) groups is 1. The van der Waals surface area contributed by atoms with Gasteiger partial charge >= 0.3 is 0 Å². The van der Waals surface area contributed by atoms with Gasteiger partial charge in [0.05, 0.1) is 22.5 Å². The van der Waals surface area contributed by atoms with Crippen LogP contribution in [0.25, 0.3) is 0 Å². The first kappa shape index (κ1) is 19.1. The Morgan fingerprint density at radius 1 is 1.04 bits per heavy atom. The Balaban J connectivity index is 2.00. The normalized spacial score (nSPS) is 12.2. The summed E-state index contributed by atoms with van der Waals surface area (Å²) in [6, 6.07) is 12.8. The largest absolute Gasteiger partial charge is 0.354 e. The zero-order valence-corrected chi connectivity index (χ0v) is 15.8. The average molecular weight is 386 g/mol. The molecular weight excluding hydrogens is 367 g/mol. The van der Waals surface area contributed by atoms with Crippen molar-refractivity contribution in [2.24, 2.45) is 0 Å². The van der Waals surface area contributed by atoms with Crippen LogP contribution in [-0.2, 0) is 11.2 Å². The van der Waals surface area contributed by atoms with Crippen molar-refractivity contribution in [3.8, 4) is 0 Å². The average Bonchev–Trinajstić information content (AvgIpc) is 2.52. The zero-order valence-electron chi connectivity index (χ0n) is 13.5. The number of carbonyl (C=O) groups excluding carboxylic acids is 1. The first-order valence-corrected chi connectivity index (χ1v) is 8.63. The van der Waals surface area contributed by atoms with Crippen molar-refractivity contribution in [2.75, 3.05) is 20.6 Å². The molecule has 2 aromatic rings. The molecule has 128 valence electrons. The second-order valence-corrected chi connectivity index (χ2v) is 6.95. The molecule has 1 atom stereocenters. The minimum Gasteiger partial charge on any atom is -0.354 e. The van der Waals surface area contributed by atoms with Crippen molar-refractivity contribution in [2.45, 2.75) is 12.5 Å². The summed E-state index contributed by atoms with van der Waals surface area (Å²) in [6.07, 6.45) is 0.250. The van der Waals surface area contributed by atoms with E-state index in [2.05, 4.69) is 5.32 Å². The fraction of sp³-hybridized carbons (Fsp3) is 0.278. The molecule has 0 saturated heterocycles. The summed E-state index contributed by atoms with van der Waals surface area (Å²) in [4.78, 5) is 14.2. The third-order valence-corrected chi connectivity index (χ3v) is 4.81. The summed E-state index contributed by atoms with van der Waals surface area (Å²) in [6.45, 7) is 0.469. The molecule has 0 radical (unpaired) electrons. The minimum absolute atomic E-state index is 0.00328. The van der Waals surface area contributed by atoms with Crippen LogP contribution in [-0.4, -0.2) is 31.4 Å². The predicted molar refractivity (Wildman–Crippen MR) is 101 cm³/mol. The van der Waals surface area contributed by atoms with Crippen LogP contribution in [0.4, 0.5) is 0 Å². The van der Waals surface area contributed by atoms with Crippen LogP contribution in [0.1, 0.15) is 17.2 Å². The Morgan fingerprint density at radius 3 is 2.38 bits per heavy atom. The summed E-state index contributed by atoms with van der Waals surface area (Å²) in [5, 5.41) is 4.57. The fourth-order valence-electron chi connectivity index (χ4n) is 2.42. The lowest BCUT2D eigenvalue weighted by Crippen LogP contribution is -2.35. The molecule has 3 nitrogen and oxygen atoms in total. The highest BCUT2D eigenvalue weighted by atomic mass is 35.5. The third kappa shape index (κ3) is 5.12. The van der Waals surface area contributed by atoms with E-state index in [1.165, 1.54) is 0 Å². The van der Waals surface area contributed by atoms with Gasteiger partial charge in [-0.05, 0) is 43.4 Å². The summed E-state index contributed by atoms with van der Waals surface area (Å²) >= 11 is 18.1. The number of nitrogens with zero attached hydrogens (tertiary/aromatic N) is 1. The van der Waals surface area contributed by atoms with E-state index in [0.717, 1.165) is 11.1 Å². The molecule has 0 aliphatic carbocycles. The number of nitrogens with one attached hydrogen (secondary N) is 1. The first-order valence-electron chi connectivity index (χ1n) is 7.50. The van der Waals surface area contributed by atoms with Crippen LogP contribution in [0.15, 0.2) is 42.5 Å². The molecule has 0 aromatic heterocycles. The van der Waals surface area contributed by atoms with E-state index in [9.17, 15) is 4.79 Å². The van der Waals surface area contributed by atoms with E-state index in [-0.39, 0.29) is 18.4 Å². The van der Waals surface area contributed by atoms with Crippen LogP contribution in [0.2, 0.25) is 15.1 Å². The monoisotopic (exact) mass is 384 g/mol. The number of benzene rings is 2. The maximum atomic E-state index is 12.2. The molecular formula is C18H19Cl3N2O. The van der Waals surface area contributed by atoms with Crippen LogP contribution in [0, 0.1) is 0 Å². The smallest absolute Gasteiger partial charge is 0.224 e. The number of likely N-dealkylation sites (N-methyl/N-ethyl adjacent to an activating group) is 1. The maximum absolute atomic E-state index is 12.2. The second-order valence-electron chi connectivity index (χ2n) is 5.73. The highest BCUT2D eigenvalue weighted by Crippen LogP contribution is 2.25. The lowest BCUT2D eigenvalue weighted by atomic mass is 10.1. The van der Waals surface area contributed by atoms with Gasteiger partial charge in [-0.2, -0.15) is 0 Å². The molecule has 6 heteroatoms. The second kappa shape index (κ2) is 8.72. The van der Waals surface area contributed by atoms with Crippen molar-refractivity contribution >= 4 is 40.7 Å².